The predicted octanol–water partition coefficient (Wildman–Crippen LogP) is 3.59. The lowest BCUT2D eigenvalue weighted by Crippen LogP contribution is -2.35. The molecule has 0 fully saturated rings. The number of nitrogens with two attached hydrogens (primary N) is 1. The van der Waals surface area contributed by atoms with E-state index in [1.165, 1.54) is 0 Å². The zero-order valence-corrected chi connectivity index (χ0v) is 13.9. The normalized spacial score (nSPS) is 13.3. The smallest absolute Gasteiger partial charge is 0.179 e. The van der Waals surface area contributed by atoms with Crippen LogP contribution in [0, 0.1) is 0 Å². The second-order valence-electron chi connectivity index (χ2n) is 5.57. The van der Waals surface area contributed by atoms with Crippen molar-refractivity contribution in [3.63, 3.8) is 0 Å². The van der Waals surface area contributed by atoms with Gasteiger partial charge in [0.1, 0.15) is 5.75 Å². The molecule has 4 nitrogen and oxygen atoms in total. The first kappa shape index (κ1) is 17.0. The van der Waals surface area contributed by atoms with Gasteiger partial charge in [0.2, 0.25) is 0 Å². The van der Waals surface area contributed by atoms with Crippen molar-refractivity contribution < 1.29 is 9.53 Å². The molecule has 0 spiro atoms. The van der Waals surface area contributed by atoms with Crippen molar-refractivity contribution in [1.82, 2.24) is 5.32 Å². The van der Waals surface area contributed by atoms with E-state index in [1.54, 1.807) is 18.2 Å². The number of Topliss-reactive ketones (excluding diaryl/α,β-unsaturated/α-hetero) is 1. The molecule has 0 amide bonds. The summed E-state index contributed by atoms with van der Waals surface area (Å²) in [4.78, 5) is 12.6. The molecule has 0 aliphatic rings. The Morgan fingerprint density at radius 2 is 1.87 bits per heavy atom. The predicted molar refractivity (Wildman–Crippen MR) is 93.8 cm³/mol. The van der Waals surface area contributed by atoms with Gasteiger partial charge >= 0.3 is 0 Å². The second kappa shape index (κ2) is 7.79. The molecule has 0 aromatic heterocycles. The van der Waals surface area contributed by atoms with E-state index in [4.69, 9.17) is 10.5 Å². The molecule has 2 aromatic rings. The lowest BCUT2D eigenvalue weighted by molar-refractivity contribution is 0.0945. The van der Waals surface area contributed by atoms with Gasteiger partial charge < -0.3 is 15.8 Å². The van der Waals surface area contributed by atoms with Crippen LogP contribution in [0.1, 0.15) is 42.7 Å². The number of benzene rings is 2. The summed E-state index contributed by atoms with van der Waals surface area (Å²) < 4.78 is 5.40. The summed E-state index contributed by atoms with van der Waals surface area (Å²) in [5, 5.41) is 3.33. The third kappa shape index (κ3) is 4.33. The van der Waals surface area contributed by atoms with Crippen molar-refractivity contribution in [2.45, 2.75) is 32.9 Å². The molecule has 0 heterocycles. The average molecular weight is 312 g/mol. The van der Waals surface area contributed by atoms with Crippen LogP contribution < -0.4 is 15.8 Å². The van der Waals surface area contributed by atoms with Gasteiger partial charge in [-0.1, -0.05) is 30.3 Å². The topological polar surface area (TPSA) is 64.3 Å². The quantitative estimate of drug-likeness (QED) is 0.606. The van der Waals surface area contributed by atoms with Crippen molar-refractivity contribution in [1.29, 1.82) is 0 Å². The maximum Gasteiger partial charge on any atom is 0.179 e. The van der Waals surface area contributed by atoms with Crippen LogP contribution >= 0.6 is 0 Å². The van der Waals surface area contributed by atoms with Gasteiger partial charge in [-0.05, 0) is 44.5 Å². The Hall–Kier alpha value is -2.33. The Morgan fingerprint density at radius 3 is 2.48 bits per heavy atom. The van der Waals surface area contributed by atoms with Gasteiger partial charge in [0, 0.05) is 11.6 Å². The molecule has 0 aliphatic heterocycles. The third-order valence-corrected chi connectivity index (χ3v) is 3.79. The number of hydrogen-bond acceptors (Lipinski definition) is 4. The number of anilines is 1. The molecule has 2 rings (SSSR count). The standard InChI is InChI=1S/C19H24N2O2/c1-4-23-18-11-10-16(12-17(18)20)19(22)14(3)21-13(2)15-8-6-5-7-9-15/h5-14,21H,4,20H2,1-3H3. The fourth-order valence-corrected chi connectivity index (χ4v) is 2.53. The van der Waals surface area contributed by atoms with Gasteiger partial charge in [-0.25, -0.2) is 0 Å². The molecular formula is C19H24N2O2. The summed E-state index contributed by atoms with van der Waals surface area (Å²) in [6, 6.07) is 15.0. The van der Waals surface area contributed by atoms with Crippen molar-refractivity contribution in [2.24, 2.45) is 0 Å². The molecule has 122 valence electrons. The fourth-order valence-electron chi connectivity index (χ4n) is 2.53. The fraction of sp³-hybridized carbons (Fsp3) is 0.316. The van der Waals surface area contributed by atoms with Crippen LogP contribution in [-0.2, 0) is 0 Å². The number of ketones is 1. The largest absolute Gasteiger partial charge is 0.492 e. The monoisotopic (exact) mass is 312 g/mol. The Balaban J connectivity index is 2.06. The first-order valence-corrected chi connectivity index (χ1v) is 7.90. The van der Waals surface area contributed by atoms with Crippen molar-refractivity contribution in [3.05, 3.63) is 59.7 Å². The minimum Gasteiger partial charge on any atom is -0.492 e. The summed E-state index contributed by atoms with van der Waals surface area (Å²) in [6.07, 6.45) is 0. The third-order valence-electron chi connectivity index (χ3n) is 3.79. The molecule has 2 atom stereocenters. The van der Waals surface area contributed by atoms with E-state index in [1.807, 2.05) is 51.1 Å². The summed E-state index contributed by atoms with van der Waals surface area (Å²) in [6.45, 7) is 6.36. The van der Waals surface area contributed by atoms with E-state index in [2.05, 4.69) is 5.32 Å². The maximum absolute atomic E-state index is 12.6. The number of nitrogens with one attached hydrogen (secondary N) is 1. The van der Waals surface area contributed by atoms with Crippen LogP contribution in [-0.4, -0.2) is 18.4 Å². The maximum atomic E-state index is 12.6. The van der Waals surface area contributed by atoms with Gasteiger partial charge in [-0.2, -0.15) is 0 Å². The van der Waals surface area contributed by atoms with Gasteiger partial charge in [0.15, 0.2) is 5.78 Å². The van der Waals surface area contributed by atoms with Crippen LogP contribution in [0.4, 0.5) is 5.69 Å². The van der Waals surface area contributed by atoms with Gasteiger partial charge in [0.05, 0.1) is 18.3 Å². The highest BCUT2D eigenvalue weighted by Crippen LogP contribution is 2.23. The molecule has 0 aliphatic carbocycles. The van der Waals surface area contributed by atoms with Crippen LogP contribution in [0.5, 0.6) is 5.75 Å². The van der Waals surface area contributed by atoms with Crippen LogP contribution in [0.25, 0.3) is 0 Å². The Bertz CT molecular complexity index is 656. The highest BCUT2D eigenvalue weighted by Gasteiger charge is 2.18. The van der Waals surface area contributed by atoms with E-state index < -0.39 is 0 Å². The molecule has 23 heavy (non-hydrogen) atoms. The molecular weight excluding hydrogens is 288 g/mol. The molecule has 2 unspecified atom stereocenters. The van der Waals surface area contributed by atoms with Crippen LogP contribution in [0.15, 0.2) is 48.5 Å². The Labute approximate surface area is 137 Å². The lowest BCUT2D eigenvalue weighted by atomic mass is 10.0. The van der Waals surface area contributed by atoms with Gasteiger partial charge in [-0.3, -0.25) is 4.79 Å². The zero-order valence-electron chi connectivity index (χ0n) is 13.9. The van der Waals surface area contributed by atoms with Crippen LogP contribution in [0.2, 0.25) is 0 Å². The first-order valence-electron chi connectivity index (χ1n) is 7.90. The second-order valence-corrected chi connectivity index (χ2v) is 5.57. The summed E-state index contributed by atoms with van der Waals surface area (Å²) in [5.41, 5.74) is 8.17. The molecule has 0 saturated carbocycles. The molecule has 4 heteroatoms. The van der Waals surface area contributed by atoms with Crippen molar-refractivity contribution in [2.75, 3.05) is 12.3 Å². The molecule has 0 bridgehead atoms. The number of nitrogen functional groups attached to an aromatic ring is 1. The summed E-state index contributed by atoms with van der Waals surface area (Å²) >= 11 is 0. The Morgan fingerprint density at radius 1 is 1.17 bits per heavy atom. The number of carbonyl (C=O) groups excluding carboxylic acids is 1. The van der Waals surface area contributed by atoms with Gasteiger partial charge in [0.25, 0.3) is 0 Å². The zero-order chi connectivity index (χ0) is 16.8. The van der Waals surface area contributed by atoms with Gasteiger partial charge in [-0.15, -0.1) is 0 Å². The SMILES string of the molecule is CCOc1ccc(C(=O)C(C)NC(C)c2ccccc2)cc1N. The molecule has 3 N–H and O–H groups in total. The summed E-state index contributed by atoms with van der Waals surface area (Å²) in [5.74, 6) is 0.629. The number of rotatable bonds is 7. The van der Waals surface area contributed by atoms with E-state index >= 15 is 0 Å². The lowest BCUT2D eigenvalue weighted by Gasteiger charge is -2.20. The Kier molecular flexibility index (Phi) is 5.77. The minimum absolute atomic E-state index is 0.0162. The van der Waals surface area contributed by atoms with E-state index in [-0.39, 0.29) is 17.9 Å². The number of ether oxygens (including phenoxy) is 1. The van der Waals surface area contributed by atoms with E-state index in [9.17, 15) is 4.79 Å². The summed E-state index contributed by atoms with van der Waals surface area (Å²) in [7, 11) is 0. The number of hydrogen-bond donors (Lipinski definition) is 2. The van der Waals surface area contributed by atoms with Crippen LogP contribution in [0.3, 0.4) is 0 Å². The van der Waals surface area contributed by atoms with E-state index in [0.717, 1.165) is 5.56 Å². The van der Waals surface area contributed by atoms with E-state index in [0.29, 0.717) is 23.6 Å². The molecule has 0 radical (unpaired) electrons. The highest BCUT2D eigenvalue weighted by atomic mass is 16.5. The molecule has 0 saturated heterocycles. The first-order chi connectivity index (χ1) is 11.0. The average Bonchev–Trinajstić information content (AvgIpc) is 2.57. The molecule has 2 aromatic carbocycles. The van der Waals surface area contributed by atoms with Crippen molar-refractivity contribution in [3.8, 4) is 5.75 Å². The minimum atomic E-state index is -0.303. The number of carbonyl (C=O) groups is 1. The van der Waals surface area contributed by atoms with Crippen molar-refractivity contribution >= 4 is 11.5 Å². The highest BCUT2D eigenvalue weighted by molar-refractivity contribution is 6.00.